The van der Waals surface area contributed by atoms with Gasteiger partial charge in [-0.15, -0.1) is 0 Å². The molecule has 0 bridgehead atoms. The molecule has 0 aliphatic carbocycles. The summed E-state index contributed by atoms with van der Waals surface area (Å²) in [6.07, 6.45) is 0. The number of benzene rings is 2. The quantitative estimate of drug-likeness (QED) is 0.707. The van der Waals surface area contributed by atoms with Crippen LogP contribution in [0.3, 0.4) is 0 Å². The van der Waals surface area contributed by atoms with Crippen LogP contribution in [0.5, 0.6) is 0 Å². The van der Waals surface area contributed by atoms with Crippen LogP contribution < -0.4 is 5.14 Å². The lowest BCUT2D eigenvalue weighted by Gasteiger charge is -2.09. The zero-order valence-corrected chi connectivity index (χ0v) is 15.3. The van der Waals surface area contributed by atoms with Gasteiger partial charge in [0.1, 0.15) is 23.9 Å². The van der Waals surface area contributed by atoms with E-state index in [-0.39, 0.29) is 22.6 Å². The Kier molecular flexibility index (Phi) is 4.85. The van der Waals surface area contributed by atoms with Crippen molar-refractivity contribution in [2.45, 2.75) is 25.3 Å². The second-order valence-electron chi connectivity index (χ2n) is 6.10. The summed E-state index contributed by atoms with van der Waals surface area (Å²) >= 11 is 0. The van der Waals surface area contributed by atoms with Gasteiger partial charge in [0.25, 0.3) is 0 Å². The van der Waals surface area contributed by atoms with Crippen LogP contribution >= 0.6 is 0 Å². The summed E-state index contributed by atoms with van der Waals surface area (Å²) < 4.78 is 56.4. The van der Waals surface area contributed by atoms with Gasteiger partial charge >= 0.3 is 0 Å². The Labute approximate surface area is 154 Å². The van der Waals surface area contributed by atoms with Crippen molar-refractivity contribution in [1.29, 1.82) is 0 Å². The lowest BCUT2D eigenvalue weighted by atomic mass is 9.97. The van der Waals surface area contributed by atoms with E-state index in [4.69, 9.17) is 9.66 Å². The number of hydrogen-bond acceptors (Lipinski definition) is 5. The molecule has 6 nitrogen and oxygen atoms in total. The molecule has 142 valence electrons. The van der Waals surface area contributed by atoms with Crippen LogP contribution in [0.15, 0.2) is 39.8 Å². The average molecular weight is 394 g/mol. The van der Waals surface area contributed by atoms with Crippen LogP contribution in [0, 0.1) is 25.5 Å². The number of aliphatic hydroxyl groups is 1. The maximum atomic E-state index is 14.3. The molecule has 27 heavy (non-hydrogen) atoms. The Hall–Kier alpha value is -2.62. The van der Waals surface area contributed by atoms with E-state index in [2.05, 4.69) is 5.16 Å². The molecule has 0 amide bonds. The lowest BCUT2D eigenvalue weighted by Crippen LogP contribution is -2.16. The maximum absolute atomic E-state index is 14.3. The fourth-order valence-electron chi connectivity index (χ4n) is 2.79. The first-order chi connectivity index (χ1) is 12.6. The lowest BCUT2D eigenvalue weighted by molar-refractivity contribution is 0.230. The molecule has 0 aliphatic rings. The van der Waals surface area contributed by atoms with Gasteiger partial charge in [0, 0.05) is 5.56 Å². The first-order valence-electron chi connectivity index (χ1n) is 7.82. The van der Waals surface area contributed by atoms with Crippen molar-refractivity contribution < 1.29 is 26.8 Å². The van der Waals surface area contributed by atoms with Crippen molar-refractivity contribution in [3.63, 3.8) is 0 Å². The summed E-state index contributed by atoms with van der Waals surface area (Å²) in [5, 5.41) is 18.3. The van der Waals surface area contributed by atoms with Crippen LogP contribution in [-0.2, 0) is 16.6 Å². The van der Waals surface area contributed by atoms with Gasteiger partial charge in [-0.25, -0.2) is 22.3 Å². The molecule has 0 radical (unpaired) electrons. The van der Waals surface area contributed by atoms with Gasteiger partial charge in [-0.3, -0.25) is 0 Å². The van der Waals surface area contributed by atoms with Gasteiger partial charge in [0.05, 0.1) is 5.56 Å². The third kappa shape index (κ3) is 3.48. The van der Waals surface area contributed by atoms with Crippen molar-refractivity contribution in [1.82, 2.24) is 5.16 Å². The Morgan fingerprint density at radius 3 is 2.22 bits per heavy atom. The zero-order valence-electron chi connectivity index (χ0n) is 14.5. The monoisotopic (exact) mass is 394 g/mol. The first-order valence-corrected chi connectivity index (χ1v) is 9.37. The molecule has 3 rings (SSSR count). The van der Waals surface area contributed by atoms with Gasteiger partial charge in [0.2, 0.25) is 10.0 Å². The molecule has 9 heteroatoms. The Bertz CT molecular complexity index is 1120. The summed E-state index contributed by atoms with van der Waals surface area (Å²) in [5.74, 6) is -2.70. The van der Waals surface area contributed by atoms with E-state index >= 15 is 0 Å². The Balaban J connectivity index is 2.26. The average Bonchev–Trinajstić information content (AvgIpc) is 2.99. The minimum atomic E-state index is -4.58. The molecular weight excluding hydrogens is 378 g/mol. The van der Waals surface area contributed by atoms with Crippen molar-refractivity contribution in [3.8, 4) is 22.4 Å². The van der Waals surface area contributed by atoms with Crippen LogP contribution in [0.25, 0.3) is 22.4 Å². The highest BCUT2D eigenvalue weighted by atomic mass is 32.2. The highest BCUT2D eigenvalue weighted by Crippen LogP contribution is 2.37. The molecule has 0 aliphatic heterocycles. The number of aromatic nitrogens is 1. The number of rotatable bonds is 4. The molecule has 0 spiro atoms. The van der Waals surface area contributed by atoms with E-state index in [1.54, 1.807) is 6.07 Å². The zero-order chi connectivity index (χ0) is 19.9. The molecule has 0 saturated heterocycles. The molecule has 3 N–H and O–H groups in total. The van der Waals surface area contributed by atoms with Crippen LogP contribution in [0.1, 0.15) is 16.9 Å². The topological polar surface area (TPSA) is 106 Å². The molecule has 2 aromatic carbocycles. The second-order valence-corrected chi connectivity index (χ2v) is 7.60. The number of primary sulfonamides is 1. The third-order valence-electron chi connectivity index (χ3n) is 4.26. The third-order valence-corrected chi connectivity index (χ3v) is 5.22. The molecule has 0 fully saturated rings. The van der Waals surface area contributed by atoms with E-state index < -0.39 is 33.2 Å². The summed E-state index contributed by atoms with van der Waals surface area (Å²) in [4.78, 5) is -1.22. The molecule has 0 atom stereocenters. The maximum Gasteiger partial charge on any atom is 0.243 e. The van der Waals surface area contributed by atoms with Crippen LogP contribution in [0.2, 0.25) is 0 Å². The summed E-state index contributed by atoms with van der Waals surface area (Å²) in [6.45, 7) is 3.26. The van der Waals surface area contributed by atoms with Crippen LogP contribution in [-0.4, -0.2) is 18.7 Å². The predicted molar refractivity (Wildman–Crippen MR) is 94.1 cm³/mol. The van der Waals surface area contributed by atoms with E-state index in [0.29, 0.717) is 5.56 Å². The van der Waals surface area contributed by atoms with Crippen molar-refractivity contribution in [2.24, 2.45) is 5.14 Å². The number of nitrogens with zero attached hydrogens (tertiary/aromatic N) is 1. The Morgan fingerprint density at radius 2 is 1.70 bits per heavy atom. The number of hydrogen-bond donors (Lipinski definition) is 2. The molecule has 3 aromatic rings. The van der Waals surface area contributed by atoms with E-state index in [9.17, 15) is 22.3 Å². The number of aryl methyl sites for hydroxylation is 2. The van der Waals surface area contributed by atoms with Crippen LogP contribution in [0.4, 0.5) is 8.78 Å². The smallest absolute Gasteiger partial charge is 0.243 e. The highest BCUT2D eigenvalue weighted by molar-refractivity contribution is 7.89. The van der Waals surface area contributed by atoms with Gasteiger partial charge in [-0.1, -0.05) is 17.3 Å². The highest BCUT2D eigenvalue weighted by Gasteiger charge is 2.25. The molecular formula is C18H16F2N2O4S. The Morgan fingerprint density at radius 1 is 1.07 bits per heavy atom. The fraction of sp³-hybridized carbons (Fsp3) is 0.167. The second kappa shape index (κ2) is 6.84. The molecule has 0 unspecified atom stereocenters. The SMILES string of the molecule is Cc1ccc(-c2noc(CO)c2-c2cc(F)c(S(N)(=O)=O)c(F)c2)cc1C. The molecule has 1 heterocycles. The predicted octanol–water partition coefficient (Wildman–Crippen LogP) is 3.04. The summed E-state index contributed by atoms with van der Waals surface area (Å²) in [6, 6.07) is 7.07. The van der Waals surface area contributed by atoms with E-state index in [1.165, 1.54) is 0 Å². The van der Waals surface area contributed by atoms with Gasteiger partial charge in [-0.05, 0) is 48.7 Å². The van der Waals surface area contributed by atoms with Crippen molar-refractivity contribution in [2.75, 3.05) is 0 Å². The summed E-state index contributed by atoms with van der Waals surface area (Å²) in [5.41, 5.74) is 3.03. The number of halogens is 2. The van der Waals surface area contributed by atoms with Crippen molar-refractivity contribution >= 4 is 10.0 Å². The molecule has 0 saturated carbocycles. The van der Waals surface area contributed by atoms with Crippen molar-refractivity contribution in [3.05, 3.63) is 58.9 Å². The normalized spacial score (nSPS) is 11.8. The number of aliphatic hydroxyl groups excluding tert-OH is 1. The fourth-order valence-corrected chi connectivity index (χ4v) is 3.45. The minimum Gasteiger partial charge on any atom is -0.388 e. The van der Waals surface area contributed by atoms with Gasteiger partial charge in [0.15, 0.2) is 10.7 Å². The largest absolute Gasteiger partial charge is 0.388 e. The first kappa shape index (κ1) is 19.2. The summed E-state index contributed by atoms with van der Waals surface area (Å²) in [7, 11) is -4.58. The standard InChI is InChI=1S/C18H16F2N2O4S/c1-9-3-4-11(5-10(9)2)17-16(15(8-23)26-22-17)12-6-13(19)18(14(20)7-12)27(21,24)25/h3-7,23H,8H2,1-2H3,(H2,21,24,25). The van der Waals surface area contributed by atoms with E-state index in [1.807, 2.05) is 26.0 Å². The van der Waals surface area contributed by atoms with Gasteiger partial charge in [-0.2, -0.15) is 0 Å². The molecule has 1 aromatic heterocycles. The van der Waals surface area contributed by atoms with Gasteiger partial charge < -0.3 is 9.63 Å². The minimum absolute atomic E-state index is 0.00890. The van der Waals surface area contributed by atoms with E-state index in [0.717, 1.165) is 23.3 Å². The number of nitrogens with two attached hydrogens (primary N) is 1. The number of sulfonamides is 1.